The molecule has 1 unspecified atom stereocenters. The smallest absolute Gasteiger partial charge is 0.376 e. The van der Waals surface area contributed by atoms with E-state index in [0.29, 0.717) is 5.69 Å². The van der Waals surface area contributed by atoms with Gasteiger partial charge in [0.2, 0.25) is 21.7 Å². The third-order valence-electron chi connectivity index (χ3n) is 3.15. The number of rotatable bonds is 5. The zero-order valence-electron chi connectivity index (χ0n) is 12.2. The zero-order valence-corrected chi connectivity index (χ0v) is 13.1. The van der Waals surface area contributed by atoms with Gasteiger partial charge in [0.1, 0.15) is 0 Å². The second-order valence-corrected chi connectivity index (χ2v) is 6.69. The molecule has 2 heterocycles. The van der Waals surface area contributed by atoms with Crippen molar-refractivity contribution >= 4 is 27.9 Å². The minimum atomic E-state index is -3.66. The topological polar surface area (TPSA) is 133 Å². The standard InChI is InChI=1S/C12H17N3O6S/c1-3-20-11(17)10-7(2)14-12(21-10)15-5-8(4-9(15)16)6-22(13,18)19/h8H,3-6H2,1-2H3,(H2,13,18,19). The molecule has 0 aromatic carbocycles. The highest BCUT2D eigenvalue weighted by Gasteiger charge is 2.36. The number of amides is 1. The summed E-state index contributed by atoms with van der Waals surface area (Å²) in [5, 5.41) is 4.99. The Bertz CT molecular complexity index is 696. The summed E-state index contributed by atoms with van der Waals surface area (Å²) in [4.78, 5) is 28.9. The highest BCUT2D eigenvalue weighted by atomic mass is 32.2. The van der Waals surface area contributed by atoms with Gasteiger partial charge in [0.05, 0.1) is 18.1 Å². The number of hydrogen-bond donors (Lipinski definition) is 1. The molecule has 0 saturated carbocycles. The number of oxazole rings is 1. The molecule has 0 radical (unpaired) electrons. The van der Waals surface area contributed by atoms with Crippen molar-refractivity contribution in [3.05, 3.63) is 11.5 Å². The minimum Gasteiger partial charge on any atom is -0.460 e. The molecular formula is C12H17N3O6S. The summed E-state index contributed by atoms with van der Waals surface area (Å²) in [7, 11) is -3.66. The molecule has 1 fully saturated rings. The van der Waals surface area contributed by atoms with Gasteiger partial charge in [-0.2, -0.15) is 4.98 Å². The molecule has 10 heteroatoms. The fourth-order valence-corrected chi connectivity index (χ4v) is 3.17. The molecule has 2 N–H and O–H groups in total. The normalized spacial score (nSPS) is 18.8. The van der Waals surface area contributed by atoms with Gasteiger partial charge in [0.25, 0.3) is 0 Å². The van der Waals surface area contributed by atoms with Crippen LogP contribution in [0, 0.1) is 12.8 Å². The maximum Gasteiger partial charge on any atom is 0.376 e. The van der Waals surface area contributed by atoms with Crippen LogP contribution in [-0.2, 0) is 19.6 Å². The maximum absolute atomic E-state index is 12.0. The van der Waals surface area contributed by atoms with E-state index in [9.17, 15) is 18.0 Å². The Kier molecular flexibility index (Phi) is 4.52. The predicted octanol–water partition coefficient (Wildman–Crippen LogP) is -0.199. The number of carbonyl (C=O) groups is 2. The summed E-state index contributed by atoms with van der Waals surface area (Å²) in [5.74, 6) is -1.78. The molecule has 1 aromatic rings. The van der Waals surface area contributed by atoms with E-state index in [1.807, 2.05) is 0 Å². The van der Waals surface area contributed by atoms with E-state index in [1.165, 1.54) is 4.90 Å². The van der Waals surface area contributed by atoms with E-state index >= 15 is 0 Å². The van der Waals surface area contributed by atoms with Crippen molar-refractivity contribution in [2.75, 3.05) is 23.8 Å². The van der Waals surface area contributed by atoms with Crippen LogP contribution in [0.4, 0.5) is 6.01 Å². The number of carbonyl (C=O) groups excluding carboxylic acids is 2. The Morgan fingerprint density at radius 2 is 2.23 bits per heavy atom. The average molecular weight is 331 g/mol. The Hall–Kier alpha value is -1.94. The van der Waals surface area contributed by atoms with E-state index in [-0.39, 0.29) is 43.0 Å². The number of ether oxygens (including phenoxy) is 1. The van der Waals surface area contributed by atoms with Gasteiger partial charge >= 0.3 is 12.0 Å². The third kappa shape index (κ3) is 3.63. The minimum absolute atomic E-state index is 0.0343. The first-order valence-electron chi connectivity index (χ1n) is 6.66. The molecule has 22 heavy (non-hydrogen) atoms. The lowest BCUT2D eigenvalue weighted by Gasteiger charge is -2.11. The van der Waals surface area contributed by atoms with Gasteiger partial charge < -0.3 is 9.15 Å². The van der Waals surface area contributed by atoms with Crippen LogP contribution in [0.2, 0.25) is 0 Å². The Labute approximate surface area is 127 Å². The third-order valence-corrected chi connectivity index (χ3v) is 4.09. The lowest BCUT2D eigenvalue weighted by molar-refractivity contribution is -0.117. The van der Waals surface area contributed by atoms with E-state index in [2.05, 4.69) is 4.98 Å². The van der Waals surface area contributed by atoms with Crippen LogP contribution in [0.25, 0.3) is 0 Å². The SMILES string of the molecule is CCOC(=O)c1oc(N2CC(CS(N)(=O)=O)CC2=O)nc1C. The molecule has 1 aliphatic rings. The monoisotopic (exact) mass is 331 g/mol. The fourth-order valence-electron chi connectivity index (χ4n) is 2.29. The first-order chi connectivity index (χ1) is 10.2. The lowest BCUT2D eigenvalue weighted by atomic mass is 10.1. The van der Waals surface area contributed by atoms with Crippen molar-refractivity contribution in [1.82, 2.24) is 4.98 Å². The Morgan fingerprint density at radius 1 is 1.55 bits per heavy atom. The maximum atomic E-state index is 12.0. The highest BCUT2D eigenvalue weighted by Crippen LogP contribution is 2.27. The van der Waals surface area contributed by atoms with Crippen molar-refractivity contribution in [3.63, 3.8) is 0 Å². The molecule has 0 bridgehead atoms. The molecule has 1 saturated heterocycles. The predicted molar refractivity (Wildman–Crippen MR) is 75.6 cm³/mol. The fraction of sp³-hybridized carbons (Fsp3) is 0.583. The largest absolute Gasteiger partial charge is 0.460 e. The number of aryl methyl sites for hydroxylation is 1. The van der Waals surface area contributed by atoms with Gasteiger partial charge in [-0.15, -0.1) is 0 Å². The van der Waals surface area contributed by atoms with Crippen LogP contribution in [0.3, 0.4) is 0 Å². The summed E-state index contributed by atoms with van der Waals surface area (Å²) < 4.78 is 32.3. The Morgan fingerprint density at radius 3 is 2.82 bits per heavy atom. The second-order valence-electron chi connectivity index (χ2n) is 5.04. The first kappa shape index (κ1) is 16.4. The molecule has 1 atom stereocenters. The van der Waals surface area contributed by atoms with Crippen LogP contribution in [0.15, 0.2) is 4.42 Å². The van der Waals surface area contributed by atoms with E-state index < -0.39 is 21.9 Å². The van der Waals surface area contributed by atoms with E-state index in [1.54, 1.807) is 13.8 Å². The second kappa shape index (κ2) is 6.05. The summed E-state index contributed by atoms with van der Waals surface area (Å²) >= 11 is 0. The number of aromatic nitrogens is 1. The molecule has 0 spiro atoms. The molecular weight excluding hydrogens is 314 g/mol. The van der Waals surface area contributed by atoms with E-state index in [0.717, 1.165) is 0 Å². The molecule has 0 aliphatic carbocycles. The van der Waals surface area contributed by atoms with Gasteiger partial charge in [0, 0.05) is 18.9 Å². The quantitative estimate of drug-likeness (QED) is 0.739. The highest BCUT2D eigenvalue weighted by molar-refractivity contribution is 7.89. The number of esters is 1. The van der Waals surface area contributed by atoms with Crippen LogP contribution in [-0.4, -0.2) is 44.2 Å². The molecule has 122 valence electrons. The summed E-state index contributed by atoms with van der Waals surface area (Å²) in [6.45, 7) is 3.53. The van der Waals surface area contributed by atoms with Crippen LogP contribution < -0.4 is 10.0 Å². The number of nitrogens with zero attached hydrogens (tertiary/aromatic N) is 2. The number of anilines is 1. The number of nitrogens with two attached hydrogens (primary N) is 1. The van der Waals surface area contributed by atoms with E-state index in [4.69, 9.17) is 14.3 Å². The molecule has 1 amide bonds. The van der Waals surface area contributed by atoms with Crippen LogP contribution >= 0.6 is 0 Å². The van der Waals surface area contributed by atoms with Gasteiger partial charge in [-0.05, 0) is 13.8 Å². The molecule has 1 aromatic heterocycles. The molecule has 2 rings (SSSR count). The van der Waals surface area contributed by atoms with Crippen molar-refractivity contribution in [1.29, 1.82) is 0 Å². The number of hydrogen-bond acceptors (Lipinski definition) is 7. The van der Waals surface area contributed by atoms with Crippen molar-refractivity contribution in [2.24, 2.45) is 11.1 Å². The summed E-state index contributed by atoms with van der Waals surface area (Å²) in [6, 6.07) is -0.0394. The lowest BCUT2D eigenvalue weighted by Crippen LogP contribution is -2.27. The van der Waals surface area contributed by atoms with Crippen LogP contribution in [0.5, 0.6) is 0 Å². The van der Waals surface area contributed by atoms with Crippen molar-refractivity contribution in [2.45, 2.75) is 20.3 Å². The number of primary sulfonamides is 1. The van der Waals surface area contributed by atoms with Crippen molar-refractivity contribution < 1.29 is 27.2 Å². The zero-order chi connectivity index (χ0) is 16.5. The molecule has 1 aliphatic heterocycles. The van der Waals surface area contributed by atoms with Gasteiger partial charge in [-0.3, -0.25) is 9.69 Å². The number of sulfonamides is 1. The summed E-state index contributed by atoms with van der Waals surface area (Å²) in [6.07, 6.45) is 0.0343. The van der Waals surface area contributed by atoms with Gasteiger partial charge in [-0.1, -0.05) is 0 Å². The van der Waals surface area contributed by atoms with Gasteiger partial charge in [0.15, 0.2) is 0 Å². The summed E-state index contributed by atoms with van der Waals surface area (Å²) in [5.41, 5.74) is 0.302. The average Bonchev–Trinajstić information content (AvgIpc) is 2.91. The molecule has 9 nitrogen and oxygen atoms in total. The first-order valence-corrected chi connectivity index (χ1v) is 8.38. The Balaban J connectivity index is 2.17. The van der Waals surface area contributed by atoms with Crippen LogP contribution in [0.1, 0.15) is 29.6 Å². The van der Waals surface area contributed by atoms with Crippen molar-refractivity contribution in [3.8, 4) is 0 Å². The van der Waals surface area contributed by atoms with Gasteiger partial charge in [-0.25, -0.2) is 18.4 Å².